The molecule has 0 aliphatic heterocycles. The molecule has 0 atom stereocenters. The van der Waals surface area contributed by atoms with Crippen molar-refractivity contribution >= 4 is 0 Å². The molecule has 2 aliphatic rings. The molecule has 0 radical (unpaired) electrons. The van der Waals surface area contributed by atoms with E-state index in [4.69, 9.17) is 0 Å². The highest BCUT2D eigenvalue weighted by molar-refractivity contribution is 4.83. The maximum Gasteiger partial charge on any atom is 0.00683 e. The van der Waals surface area contributed by atoms with Crippen LogP contribution in [0.4, 0.5) is 0 Å². The number of hydrogen-bond acceptors (Lipinski definition) is 1. The van der Waals surface area contributed by atoms with E-state index < -0.39 is 0 Å². The van der Waals surface area contributed by atoms with Gasteiger partial charge in [0.1, 0.15) is 0 Å². The van der Waals surface area contributed by atoms with Crippen LogP contribution in [0.3, 0.4) is 0 Å². The van der Waals surface area contributed by atoms with Gasteiger partial charge in [-0.3, -0.25) is 0 Å². The third kappa shape index (κ3) is 3.27. The highest BCUT2D eigenvalue weighted by atomic mass is 14.9. The Kier molecular flexibility index (Phi) is 3.86. The topological polar surface area (TPSA) is 12.0 Å². The summed E-state index contributed by atoms with van der Waals surface area (Å²) in [5.41, 5.74) is 0. The fourth-order valence-electron chi connectivity index (χ4n) is 2.75. The van der Waals surface area contributed by atoms with Gasteiger partial charge in [-0.05, 0) is 44.1 Å². The molecule has 1 N–H and O–H groups in total. The third-order valence-electron chi connectivity index (χ3n) is 3.94. The first kappa shape index (κ1) is 10.5. The second-order valence-electron chi connectivity index (χ2n) is 5.36. The molecule has 0 saturated heterocycles. The van der Waals surface area contributed by atoms with Crippen LogP contribution in [0.15, 0.2) is 0 Å². The second kappa shape index (κ2) is 5.16. The van der Waals surface area contributed by atoms with Gasteiger partial charge < -0.3 is 5.32 Å². The summed E-state index contributed by atoms with van der Waals surface area (Å²) in [6.07, 6.45) is 11.7. The van der Waals surface area contributed by atoms with E-state index >= 15 is 0 Å². The van der Waals surface area contributed by atoms with Gasteiger partial charge in [-0.25, -0.2) is 0 Å². The normalized spacial score (nSPS) is 33.2. The van der Waals surface area contributed by atoms with Crippen molar-refractivity contribution in [2.75, 3.05) is 6.54 Å². The lowest BCUT2D eigenvalue weighted by molar-refractivity contribution is 0.256. The van der Waals surface area contributed by atoms with Crippen LogP contribution in [0, 0.1) is 11.8 Å². The number of hydrogen-bond donors (Lipinski definition) is 1. The number of rotatable bonds is 5. The minimum absolute atomic E-state index is 0.906. The summed E-state index contributed by atoms with van der Waals surface area (Å²) < 4.78 is 0. The highest BCUT2D eigenvalue weighted by Gasteiger charge is 2.24. The van der Waals surface area contributed by atoms with E-state index in [2.05, 4.69) is 12.2 Å². The second-order valence-corrected chi connectivity index (χ2v) is 5.36. The van der Waals surface area contributed by atoms with Crippen LogP contribution in [-0.4, -0.2) is 12.6 Å². The predicted octanol–water partition coefficient (Wildman–Crippen LogP) is 3.34. The maximum atomic E-state index is 3.67. The molecule has 0 aromatic rings. The van der Waals surface area contributed by atoms with Crippen LogP contribution in [0.25, 0.3) is 0 Å². The van der Waals surface area contributed by atoms with E-state index in [0.717, 1.165) is 17.9 Å². The molecule has 2 rings (SSSR count). The first-order chi connectivity index (χ1) is 6.88. The fraction of sp³-hybridized carbons (Fsp3) is 1.00. The van der Waals surface area contributed by atoms with Crippen molar-refractivity contribution in [1.82, 2.24) is 5.32 Å². The zero-order valence-electron chi connectivity index (χ0n) is 9.60. The monoisotopic (exact) mass is 195 g/mol. The SMILES string of the molecule is CCCC1CCC(CNC2CC2)CC1. The van der Waals surface area contributed by atoms with Crippen LogP contribution in [-0.2, 0) is 0 Å². The lowest BCUT2D eigenvalue weighted by Crippen LogP contribution is -2.27. The van der Waals surface area contributed by atoms with Crippen molar-refractivity contribution < 1.29 is 0 Å². The van der Waals surface area contributed by atoms with Crippen LogP contribution in [0.1, 0.15) is 58.3 Å². The molecule has 2 fully saturated rings. The molecular formula is C13H25N. The fourth-order valence-corrected chi connectivity index (χ4v) is 2.75. The Labute approximate surface area is 88.7 Å². The summed E-state index contributed by atoms with van der Waals surface area (Å²) in [7, 11) is 0. The average Bonchev–Trinajstić information content (AvgIpc) is 3.01. The van der Waals surface area contributed by atoms with Crippen molar-refractivity contribution in [3.8, 4) is 0 Å². The van der Waals surface area contributed by atoms with Gasteiger partial charge in [-0.1, -0.05) is 32.6 Å². The standard InChI is InChI=1S/C13H25N/c1-2-3-11-4-6-12(7-5-11)10-14-13-8-9-13/h11-14H,2-10H2,1H3. The van der Waals surface area contributed by atoms with Gasteiger partial charge in [0, 0.05) is 6.04 Å². The number of nitrogens with one attached hydrogen (secondary N) is 1. The average molecular weight is 195 g/mol. The molecule has 14 heavy (non-hydrogen) atoms. The summed E-state index contributed by atoms with van der Waals surface area (Å²) in [6.45, 7) is 3.63. The molecule has 0 aromatic carbocycles. The van der Waals surface area contributed by atoms with Crippen molar-refractivity contribution in [1.29, 1.82) is 0 Å². The lowest BCUT2D eigenvalue weighted by atomic mass is 9.80. The summed E-state index contributed by atoms with van der Waals surface area (Å²) in [6, 6.07) is 0.906. The Morgan fingerprint density at radius 1 is 0.929 bits per heavy atom. The van der Waals surface area contributed by atoms with E-state index in [-0.39, 0.29) is 0 Å². The van der Waals surface area contributed by atoms with Gasteiger partial charge in [-0.2, -0.15) is 0 Å². The summed E-state index contributed by atoms with van der Waals surface area (Å²) in [4.78, 5) is 0. The zero-order chi connectivity index (χ0) is 9.80. The van der Waals surface area contributed by atoms with Gasteiger partial charge >= 0.3 is 0 Å². The summed E-state index contributed by atoms with van der Waals surface area (Å²) >= 11 is 0. The first-order valence-corrected chi connectivity index (χ1v) is 6.62. The minimum atomic E-state index is 0.906. The molecule has 1 nitrogen and oxygen atoms in total. The van der Waals surface area contributed by atoms with E-state index in [0.29, 0.717) is 0 Å². The molecule has 0 unspecified atom stereocenters. The van der Waals surface area contributed by atoms with Crippen LogP contribution < -0.4 is 5.32 Å². The Balaban J connectivity index is 1.57. The molecule has 0 bridgehead atoms. The first-order valence-electron chi connectivity index (χ1n) is 6.62. The highest BCUT2D eigenvalue weighted by Crippen LogP contribution is 2.31. The molecule has 0 amide bonds. The predicted molar refractivity (Wildman–Crippen MR) is 61.4 cm³/mol. The van der Waals surface area contributed by atoms with E-state index in [1.165, 1.54) is 57.9 Å². The van der Waals surface area contributed by atoms with E-state index in [1.54, 1.807) is 0 Å². The van der Waals surface area contributed by atoms with E-state index in [9.17, 15) is 0 Å². The molecule has 2 aliphatic carbocycles. The Bertz CT molecular complexity index is 155. The Hall–Kier alpha value is -0.0400. The quantitative estimate of drug-likeness (QED) is 0.709. The van der Waals surface area contributed by atoms with Crippen molar-refractivity contribution in [3.63, 3.8) is 0 Å². The molecule has 0 heterocycles. The Morgan fingerprint density at radius 3 is 2.14 bits per heavy atom. The van der Waals surface area contributed by atoms with Crippen molar-refractivity contribution in [3.05, 3.63) is 0 Å². The lowest BCUT2D eigenvalue weighted by Gasteiger charge is -2.28. The third-order valence-corrected chi connectivity index (χ3v) is 3.94. The molecular weight excluding hydrogens is 170 g/mol. The minimum Gasteiger partial charge on any atom is -0.314 e. The van der Waals surface area contributed by atoms with Crippen LogP contribution in [0.2, 0.25) is 0 Å². The van der Waals surface area contributed by atoms with Gasteiger partial charge in [0.05, 0.1) is 0 Å². The van der Waals surface area contributed by atoms with Crippen LogP contribution in [0.5, 0.6) is 0 Å². The summed E-state index contributed by atoms with van der Waals surface area (Å²) in [5.74, 6) is 2.07. The summed E-state index contributed by atoms with van der Waals surface area (Å²) in [5, 5.41) is 3.67. The molecule has 82 valence electrons. The molecule has 1 heteroatoms. The molecule has 0 spiro atoms. The zero-order valence-corrected chi connectivity index (χ0v) is 9.60. The largest absolute Gasteiger partial charge is 0.314 e. The Morgan fingerprint density at radius 2 is 1.57 bits per heavy atom. The molecule has 0 aromatic heterocycles. The smallest absolute Gasteiger partial charge is 0.00683 e. The van der Waals surface area contributed by atoms with E-state index in [1.807, 2.05) is 0 Å². The molecule has 2 saturated carbocycles. The van der Waals surface area contributed by atoms with Gasteiger partial charge in [0.25, 0.3) is 0 Å². The van der Waals surface area contributed by atoms with Gasteiger partial charge in [-0.15, -0.1) is 0 Å². The van der Waals surface area contributed by atoms with Crippen molar-refractivity contribution in [2.24, 2.45) is 11.8 Å². The van der Waals surface area contributed by atoms with Crippen LogP contribution >= 0.6 is 0 Å². The maximum absolute atomic E-state index is 3.67. The van der Waals surface area contributed by atoms with Gasteiger partial charge in [0.15, 0.2) is 0 Å². The van der Waals surface area contributed by atoms with Gasteiger partial charge in [0.2, 0.25) is 0 Å². The van der Waals surface area contributed by atoms with Crippen molar-refractivity contribution in [2.45, 2.75) is 64.3 Å².